The Morgan fingerprint density at radius 3 is 2.59 bits per heavy atom. The van der Waals surface area contributed by atoms with E-state index in [0.717, 1.165) is 38.5 Å². The number of carbonyl (C=O) groups excluding carboxylic acids is 1. The number of carbonyl (C=O) groups is 1. The van der Waals surface area contributed by atoms with Crippen molar-refractivity contribution in [2.24, 2.45) is 5.41 Å². The molecule has 0 amide bonds. The first-order valence-electron chi connectivity index (χ1n) is 6.68. The maximum atomic E-state index is 11.9. The van der Waals surface area contributed by atoms with Crippen molar-refractivity contribution in [2.45, 2.75) is 51.9 Å². The molecule has 0 aliphatic heterocycles. The molecule has 0 unspecified atom stereocenters. The molecule has 0 radical (unpaired) electrons. The molecule has 0 aromatic heterocycles. The second-order valence-electron chi connectivity index (χ2n) is 4.86. The Labute approximate surface area is 104 Å². The fourth-order valence-corrected chi connectivity index (χ4v) is 2.38. The lowest BCUT2D eigenvalue weighted by molar-refractivity contribution is -0.156. The molecule has 4 nitrogen and oxygen atoms in total. The Kier molecular flexibility index (Phi) is 6.52. The number of ether oxygens (including phenoxy) is 1. The molecule has 100 valence electrons. The zero-order valence-electron chi connectivity index (χ0n) is 11.1. The minimum Gasteiger partial charge on any atom is -0.469 e. The van der Waals surface area contributed by atoms with E-state index >= 15 is 0 Å². The monoisotopic (exact) mass is 243 g/mol. The van der Waals surface area contributed by atoms with E-state index in [0.29, 0.717) is 13.2 Å². The Balaban J connectivity index is 2.38. The van der Waals surface area contributed by atoms with Gasteiger partial charge in [0.1, 0.15) is 0 Å². The van der Waals surface area contributed by atoms with Gasteiger partial charge in [0.15, 0.2) is 0 Å². The van der Waals surface area contributed by atoms with E-state index in [9.17, 15) is 4.79 Å². The fourth-order valence-electron chi connectivity index (χ4n) is 2.38. The maximum absolute atomic E-state index is 11.9. The molecular formula is C13H25NO3. The largest absolute Gasteiger partial charge is 0.469 e. The van der Waals surface area contributed by atoms with E-state index < -0.39 is 0 Å². The Hall–Kier alpha value is -0.610. The number of esters is 1. The summed E-state index contributed by atoms with van der Waals surface area (Å²) in [5.41, 5.74) is 2.58. The van der Waals surface area contributed by atoms with Gasteiger partial charge in [-0.15, -0.1) is 0 Å². The first-order chi connectivity index (χ1) is 8.25. The normalized spacial score (nSPS) is 18.9. The van der Waals surface area contributed by atoms with Gasteiger partial charge < -0.3 is 9.57 Å². The van der Waals surface area contributed by atoms with Crippen molar-refractivity contribution in [2.75, 3.05) is 20.3 Å². The van der Waals surface area contributed by atoms with Crippen LogP contribution in [0.1, 0.15) is 51.9 Å². The lowest BCUT2D eigenvalue weighted by Crippen LogP contribution is -2.43. The minimum atomic E-state index is -0.362. The maximum Gasteiger partial charge on any atom is 0.313 e. The number of unbranched alkanes of at least 4 members (excludes halogenated alkanes) is 1. The highest BCUT2D eigenvalue weighted by molar-refractivity contribution is 5.77. The molecule has 1 aliphatic carbocycles. The molecule has 0 spiro atoms. The van der Waals surface area contributed by atoms with Crippen LogP contribution in [0.15, 0.2) is 0 Å². The Morgan fingerprint density at radius 1 is 1.29 bits per heavy atom. The molecule has 1 aliphatic rings. The molecule has 0 aromatic carbocycles. The van der Waals surface area contributed by atoms with Crippen molar-refractivity contribution >= 4 is 5.97 Å². The summed E-state index contributed by atoms with van der Waals surface area (Å²) in [6.07, 6.45) is 7.39. The SMILES string of the molecule is CCCCONCC1(C(=O)OC)CCCCC1. The third-order valence-corrected chi connectivity index (χ3v) is 3.54. The fraction of sp³-hybridized carbons (Fsp3) is 0.923. The highest BCUT2D eigenvalue weighted by atomic mass is 16.6. The van der Waals surface area contributed by atoms with Gasteiger partial charge in [-0.3, -0.25) is 4.79 Å². The van der Waals surface area contributed by atoms with Gasteiger partial charge in [0.2, 0.25) is 0 Å². The van der Waals surface area contributed by atoms with E-state index in [1.165, 1.54) is 13.5 Å². The molecule has 0 bridgehead atoms. The predicted molar refractivity (Wildman–Crippen MR) is 66.4 cm³/mol. The van der Waals surface area contributed by atoms with Crippen molar-refractivity contribution < 1.29 is 14.4 Å². The van der Waals surface area contributed by atoms with Crippen molar-refractivity contribution in [1.29, 1.82) is 0 Å². The Bertz CT molecular complexity index is 225. The zero-order valence-corrected chi connectivity index (χ0v) is 11.1. The van der Waals surface area contributed by atoms with Crippen LogP contribution in [0.5, 0.6) is 0 Å². The van der Waals surface area contributed by atoms with Gasteiger partial charge >= 0.3 is 5.97 Å². The quantitative estimate of drug-likeness (QED) is 0.424. The van der Waals surface area contributed by atoms with Gasteiger partial charge in [0, 0.05) is 6.54 Å². The summed E-state index contributed by atoms with van der Waals surface area (Å²) >= 11 is 0. The third-order valence-electron chi connectivity index (χ3n) is 3.54. The van der Waals surface area contributed by atoms with Gasteiger partial charge in [-0.1, -0.05) is 32.6 Å². The summed E-state index contributed by atoms with van der Waals surface area (Å²) in [6, 6.07) is 0. The van der Waals surface area contributed by atoms with Crippen LogP contribution in [0, 0.1) is 5.41 Å². The van der Waals surface area contributed by atoms with Gasteiger partial charge in [0.25, 0.3) is 0 Å². The van der Waals surface area contributed by atoms with Crippen LogP contribution in [-0.2, 0) is 14.4 Å². The average Bonchev–Trinajstić information content (AvgIpc) is 2.38. The van der Waals surface area contributed by atoms with E-state index in [-0.39, 0.29) is 11.4 Å². The molecule has 1 saturated carbocycles. The van der Waals surface area contributed by atoms with Gasteiger partial charge in [-0.05, 0) is 19.3 Å². The van der Waals surface area contributed by atoms with Gasteiger partial charge in [0.05, 0.1) is 19.1 Å². The highest BCUT2D eigenvalue weighted by Crippen LogP contribution is 2.36. The Morgan fingerprint density at radius 2 is 2.00 bits per heavy atom. The number of hydrogen-bond acceptors (Lipinski definition) is 4. The van der Waals surface area contributed by atoms with Crippen molar-refractivity contribution in [3.63, 3.8) is 0 Å². The van der Waals surface area contributed by atoms with Crippen LogP contribution >= 0.6 is 0 Å². The number of nitrogens with one attached hydrogen (secondary N) is 1. The van der Waals surface area contributed by atoms with Gasteiger partial charge in [-0.2, -0.15) is 0 Å². The number of methoxy groups -OCH3 is 1. The molecule has 1 rings (SSSR count). The lowest BCUT2D eigenvalue weighted by Gasteiger charge is -2.34. The predicted octanol–water partition coefficient (Wildman–Crippen LogP) is 2.43. The molecule has 1 fully saturated rings. The smallest absolute Gasteiger partial charge is 0.313 e. The van der Waals surface area contributed by atoms with Crippen molar-refractivity contribution in [3.05, 3.63) is 0 Å². The van der Waals surface area contributed by atoms with E-state index in [2.05, 4.69) is 12.4 Å². The second kappa shape index (κ2) is 7.67. The zero-order chi connectivity index (χ0) is 12.6. The highest BCUT2D eigenvalue weighted by Gasteiger charge is 2.40. The molecule has 0 heterocycles. The summed E-state index contributed by atoms with van der Waals surface area (Å²) in [6.45, 7) is 3.40. The van der Waals surface area contributed by atoms with Crippen LogP contribution in [0.3, 0.4) is 0 Å². The number of hydroxylamine groups is 1. The van der Waals surface area contributed by atoms with Crippen LogP contribution in [-0.4, -0.2) is 26.2 Å². The average molecular weight is 243 g/mol. The summed E-state index contributed by atoms with van der Waals surface area (Å²) in [5, 5.41) is 0. The molecule has 17 heavy (non-hydrogen) atoms. The second-order valence-corrected chi connectivity index (χ2v) is 4.86. The summed E-state index contributed by atoms with van der Waals surface area (Å²) in [7, 11) is 1.47. The van der Waals surface area contributed by atoms with E-state index in [1.807, 2.05) is 0 Å². The van der Waals surface area contributed by atoms with Crippen LogP contribution < -0.4 is 5.48 Å². The van der Waals surface area contributed by atoms with E-state index in [1.54, 1.807) is 0 Å². The summed E-state index contributed by atoms with van der Waals surface area (Å²) < 4.78 is 4.94. The standard InChI is InChI=1S/C13H25NO3/c1-3-4-10-17-14-11-13(12(15)16-2)8-6-5-7-9-13/h14H,3-11H2,1-2H3. The topological polar surface area (TPSA) is 47.6 Å². The number of rotatable bonds is 7. The van der Waals surface area contributed by atoms with Crippen molar-refractivity contribution in [3.8, 4) is 0 Å². The van der Waals surface area contributed by atoms with Crippen LogP contribution in [0.2, 0.25) is 0 Å². The molecule has 0 saturated heterocycles. The summed E-state index contributed by atoms with van der Waals surface area (Å²) in [5.74, 6) is -0.0937. The first-order valence-corrected chi connectivity index (χ1v) is 6.68. The lowest BCUT2D eigenvalue weighted by atomic mass is 9.74. The molecule has 1 N–H and O–H groups in total. The molecule has 0 atom stereocenters. The molecule has 0 aromatic rings. The number of hydrogen-bond donors (Lipinski definition) is 1. The molecular weight excluding hydrogens is 218 g/mol. The van der Waals surface area contributed by atoms with Gasteiger partial charge in [-0.25, -0.2) is 5.48 Å². The van der Waals surface area contributed by atoms with E-state index in [4.69, 9.17) is 9.57 Å². The van der Waals surface area contributed by atoms with Crippen LogP contribution in [0.25, 0.3) is 0 Å². The third kappa shape index (κ3) is 4.28. The summed E-state index contributed by atoms with van der Waals surface area (Å²) in [4.78, 5) is 17.2. The van der Waals surface area contributed by atoms with Crippen molar-refractivity contribution in [1.82, 2.24) is 5.48 Å². The minimum absolute atomic E-state index is 0.0937. The van der Waals surface area contributed by atoms with Crippen LogP contribution in [0.4, 0.5) is 0 Å². The first kappa shape index (κ1) is 14.5. The molecule has 4 heteroatoms.